The van der Waals surface area contributed by atoms with Crippen LogP contribution in [0.4, 0.5) is 20.3 Å². The first-order chi connectivity index (χ1) is 8.86. The maximum Gasteiger partial charge on any atom is 0.366 e. The van der Waals surface area contributed by atoms with Gasteiger partial charge in [-0.05, 0) is 16.8 Å². The van der Waals surface area contributed by atoms with Crippen molar-refractivity contribution in [3.05, 3.63) is 27.4 Å². The second-order valence-corrected chi connectivity index (χ2v) is 3.47. The van der Waals surface area contributed by atoms with Gasteiger partial charge in [0.1, 0.15) is 0 Å². The molecule has 0 aliphatic rings. The molecule has 0 radical (unpaired) electrons. The molecule has 1 heterocycles. The lowest BCUT2D eigenvalue weighted by Gasteiger charge is -2.08. The minimum absolute atomic E-state index is 0.0865. The Labute approximate surface area is 106 Å². The maximum atomic E-state index is 12.8. The molecule has 0 unspecified atom stereocenters. The second kappa shape index (κ2) is 6.03. The third-order valence-electron chi connectivity index (χ3n) is 2.20. The molecule has 0 spiro atoms. The van der Waals surface area contributed by atoms with Gasteiger partial charge in [-0.25, -0.2) is 8.78 Å². The SMILES string of the molecule is CCOC(=O)Cc1c(N)cc([N+](=O)[O-])nc1C(F)F. The van der Waals surface area contributed by atoms with Crippen molar-refractivity contribution in [3.63, 3.8) is 0 Å². The van der Waals surface area contributed by atoms with E-state index in [0.29, 0.717) is 0 Å². The molecule has 1 rings (SSSR count). The summed E-state index contributed by atoms with van der Waals surface area (Å²) in [5, 5.41) is 10.5. The van der Waals surface area contributed by atoms with E-state index in [4.69, 9.17) is 5.73 Å². The summed E-state index contributed by atoms with van der Waals surface area (Å²) < 4.78 is 30.2. The number of anilines is 1. The Kier molecular flexibility index (Phi) is 4.67. The first-order valence-corrected chi connectivity index (χ1v) is 5.24. The third kappa shape index (κ3) is 3.57. The fourth-order valence-electron chi connectivity index (χ4n) is 1.42. The number of nitro groups is 1. The number of carbonyl (C=O) groups is 1. The lowest BCUT2D eigenvalue weighted by Crippen LogP contribution is -2.13. The van der Waals surface area contributed by atoms with Crippen LogP contribution < -0.4 is 5.73 Å². The Morgan fingerprint density at radius 3 is 2.74 bits per heavy atom. The normalized spacial score (nSPS) is 10.5. The highest BCUT2D eigenvalue weighted by Gasteiger charge is 2.27. The fraction of sp³-hybridized carbons (Fsp3) is 0.400. The van der Waals surface area contributed by atoms with E-state index in [0.717, 1.165) is 6.07 Å². The molecular weight excluding hydrogens is 264 g/mol. The molecule has 0 saturated carbocycles. The lowest BCUT2D eigenvalue weighted by atomic mass is 10.1. The van der Waals surface area contributed by atoms with Crippen LogP contribution in [0.15, 0.2) is 6.07 Å². The van der Waals surface area contributed by atoms with Crippen molar-refractivity contribution in [2.45, 2.75) is 19.8 Å². The van der Waals surface area contributed by atoms with Crippen LogP contribution >= 0.6 is 0 Å². The molecule has 0 aliphatic carbocycles. The number of nitrogen functional groups attached to an aromatic ring is 1. The van der Waals surface area contributed by atoms with Crippen molar-refractivity contribution in [1.29, 1.82) is 0 Å². The van der Waals surface area contributed by atoms with Crippen molar-refractivity contribution >= 4 is 17.5 Å². The van der Waals surface area contributed by atoms with Crippen LogP contribution in [0.25, 0.3) is 0 Å². The summed E-state index contributed by atoms with van der Waals surface area (Å²) >= 11 is 0. The smallest absolute Gasteiger partial charge is 0.366 e. The Balaban J connectivity index is 3.22. The first-order valence-electron chi connectivity index (χ1n) is 5.24. The van der Waals surface area contributed by atoms with Gasteiger partial charge in [-0.15, -0.1) is 0 Å². The summed E-state index contributed by atoms with van der Waals surface area (Å²) in [5.74, 6) is -1.55. The Bertz CT molecular complexity index is 508. The van der Waals surface area contributed by atoms with Crippen LogP contribution in [0, 0.1) is 10.1 Å². The zero-order valence-electron chi connectivity index (χ0n) is 9.93. The Morgan fingerprint density at radius 1 is 1.63 bits per heavy atom. The van der Waals surface area contributed by atoms with E-state index in [9.17, 15) is 23.7 Å². The molecule has 0 bridgehead atoms. The summed E-state index contributed by atoms with van der Waals surface area (Å²) in [6.07, 6.45) is -3.59. The minimum Gasteiger partial charge on any atom is -0.466 e. The van der Waals surface area contributed by atoms with Crippen LogP contribution in [-0.4, -0.2) is 22.5 Å². The quantitative estimate of drug-likeness (QED) is 0.497. The van der Waals surface area contributed by atoms with Crippen LogP contribution in [0.2, 0.25) is 0 Å². The van der Waals surface area contributed by atoms with Gasteiger partial charge in [0, 0.05) is 11.3 Å². The molecule has 7 nitrogen and oxygen atoms in total. The molecule has 0 fully saturated rings. The first kappa shape index (κ1) is 14.7. The van der Waals surface area contributed by atoms with E-state index >= 15 is 0 Å². The van der Waals surface area contributed by atoms with E-state index < -0.39 is 35.3 Å². The fourth-order valence-corrected chi connectivity index (χ4v) is 1.42. The highest BCUT2D eigenvalue weighted by Crippen LogP contribution is 2.29. The summed E-state index contributed by atoms with van der Waals surface area (Å²) in [6.45, 7) is 1.65. The molecule has 2 N–H and O–H groups in total. The van der Waals surface area contributed by atoms with Crippen molar-refractivity contribution in [2.24, 2.45) is 0 Å². The van der Waals surface area contributed by atoms with E-state index in [1.807, 2.05) is 0 Å². The van der Waals surface area contributed by atoms with Crippen LogP contribution in [0.1, 0.15) is 24.6 Å². The Hall–Kier alpha value is -2.32. The zero-order chi connectivity index (χ0) is 14.6. The van der Waals surface area contributed by atoms with Crippen molar-refractivity contribution in [2.75, 3.05) is 12.3 Å². The standard InChI is InChI=1S/C10H11F2N3O4/c1-2-19-8(16)3-5-6(13)4-7(15(17)18)14-9(5)10(11)12/h4,10H,2-3H2,1H3,(H2,13,14). The van der Waals surface area contributed by atoms with Gasteiger partial charge < -0.3 is 20.6 Å². The molecule has 0 saturated heterocycles. The predicted octanol–water partition coefficient (Wildman–Crippen LogP) is 1.62. The number of nitrogens with zero attached hydrogens (tertiary/aromatic N) is 2. The summed E-state index contributed by atoms with van der Waals surface area (Å²) in [5.41, 5.74) is 4.04. The molecule has 0 aliphatic heterocycles. The van der Waals surface area contributed by atoms with Crippen molar-refractivity contribution in [3.8, 4) is 0 Å². The number of esters is 1. The number of hydrogen-bond acceptors (Lipinski definition) is 6. The summed E-state index contributed by atoms with van der Waals surface area (Å²) in [4.78, 5) is 24.1. The van der Waals surface area contributed by atoms with Crippen molar-refractivity contribution in [1.82, 2.24) is 4.98 Å². The molecule has 9 heteroatoms. The molecule has 1 aromatic heterocycles. The number of aromatic nitrogens is 1. The van der Waals surface area contributed by atoms with Crippen LogP contribution in [-0.2, 0) is 16.0 Å². The topological polar surface area (TPSA) is 108 Å². The second-order valence-electron chi connectivity index (χ2n) is 3.47. The number of ether oxygens (including phenoxy) is 1. The molecule has 0 atom stereocenters. The number of rotatable bonds is 5. The van der Waals surface area contributed by atoms with E-state index in [1.165, 1.54) is 0 Å². The summed E-state index contributed by atoms with van der Waals surface area (Å²) in [6, 6.07) is 0.834. The predicted molar refractivity (Wildman–Crippen MR) is 60.6 cm³/mol. The van der Waals surface area contributed by atoms with E-state index in [1.54, 1.807) is 6.92 Å². The van der Waals surface area contributed by atoms with E-state index in [-0.39, 0.29) is 17.9 Å². The van der Waals surface area contributed by atoms with Crippen LogP contribution in [0.3, 0.4) is 0 Å². The molecule has 0 amide bonds. The third-order valence-corrected chi connectivity index (χ3v) is 2.20. The average Bonchev–Trinajstić information content (AvgIpc) is 2.31. The van der Waals surface area contributed by atoms with E-state index in [2.05, 4.69) is 9.72 Å². The van der Waals surface area contributed by atoms with Crippen molar-refractivity contribution < 1.29 is 23.2 Å². The molecule has 19 heavy (non-hydrogen) atoms. The molecule has 104 valence electrons. The average molecular weight is 275 g/mol. The summed E-state index contributed by atoms with van der Waals surface area (Å²) in [7, 11) is 0. The monoisotopic (exact) mass is 275 g/mol. The molecule has 0 aromatic carbocycles. The highest BCUT2D eigenvalue weighted by atomic mass is 19.3. The number of pyridine rings is 1. The van der Waals surface area contributed by atoms with Gasteiger partial charge in [-0.3, -0.25) is 4.79 Å². The molecule has 1 aromatic rings. The van der Waals surface area contributed by atoms with Gasteiger partial charge in [0.15, 0.2) is 0 Å². The Morgan fingerprint density at radius 2 is 2.26 bits per heavy atom. The number of carbonyl (C=O) groups excluding carboxylic acids is 1. The number of alkyl halides is 2. The number of nitrogens with two attached hydrogens (primary N) is 1. The largest absolute Gasteiger partial charge is 0.466 e. The number of hydrogen-bond donors (Lipinski definition) is 1. The van der Waals surface area contributed by atoms with Crippen LogP contribution in [0.5, 0.6) is 0 Å². The van der Waals surface area contributed by atoms with Gasteiger partial charge in [0.25, 0.3) is 0 Å². The van der Waals surface area contributed by atoms with Gasteiger partial charge in [-0.1, -0.05) is 0 Å². The van der Waals surface area contributed by atoms with Gasteiger partial charge in [0.05, 0.1) is 19.1 Å². The molecular formula is C10H11F2N3O4. The lowest BCUT2D eigenvalue weighted by molar-refractivity contribution is -0.389. The maximum absolute atomic E-state index is 12.8. The number of halogens is 2. The van der Waals surface area contributed by atoms with Gasteiger partial charge >= 0.3 is 18.2 Å². The zero-order valence-corrected chi connectivity index (χ0v) is 9.93. The minimum atomic E-state index is -3.08. The van der Waals surface area contributed by atoms with Gasteiger partial charge in [-0.2, -0.15) is 0 Å². The highest BCUT2D eigenvalue weighted by molar-refractivity contribution is 5.75. The van der Waals surface area contributed by atoms with Gasteiger partial charge in [0.2, 0.25) is 5.69 Å².